The summed E-state index contributed by atoms with van der Waals surface area (Å²) in [6, 6.07) is 13.8. The van der Waals surface area contributed by atoms with Gasteiger partial charge in [0.15, 0.2) is 0 Å². The van der Waals surface area contributed by atoms with Crippen molar-refractivity contribution in [2.24, 2.45) is 4.99 Å². The largest absolute Gasteiger partial charge is 0.372 e. The molecule has 0 fully saturated rings. The van der Waals surface area contributed by atoms with Crippen LogP contribution in [0.4, 0.5) is 17.1 Å². The summed E-state index contributed by atoms with van der Waals surface area (Å²) < 4.78 is 1.38. The summed E-state index contributed by atoms with van der Waals surface area (Å²) >= 11 is 2.65. The van der Waals surface area contributed by atoms with Crippen LogP contribution in [-0.4, -0.2) is 26.2 Å². The molecular formula is C26H38IN3S. The van der Waals surface area contributed by atoms with Gasteiger partial charge >= 0.3 is 0 Å². The third kappa shape index (κ3) is 6.04. The zero-order valence-electron chi connectivity index (χ0n) is 19.7. The van der Waals surface area contributed by atoms with Gasteiger partial charge in [-0.25, -0.2) is 4.99 Å². The standard InChI is InChI=1S/C26H38IN3S/c1-5-9-17-30(18-10-6-2)22-12-14-24-26(20-22)31(27)25-19-21(11-13-23(25)28-24)29(15-7-3)16-8-4/h11-14,19-20H,5-10,15-18H2,1-4H3. The SMILES string of the molecule is CCCCN(CCCC)c1ccc2c(c1)S(I)=c1cc(N(CCC)CCC)ccc1=N2. The number of halogens is 1. The van der Waals surface area contributed by atoms with Gasteiger partial charge in [0.05, 0.1) is 11.0 Å². The first kappa shape index (κ1) is 24.6. The van der Waals surface area contributed by atoms with Gasteiger partial charge in [-0.05, 0) is 83.3 Å². The molecule has 1 atom stereocenters. The topological polar surface area (TPSA) is 18.8 Å². The van der Waals surface area contributed by atoms with Crippen LogP contribution in [0.3, 0.4) is 0 Å². The molecule has 1 aliphatic heterocycles. The summed E-state index contributed by atoms with van der Waals surface area (Å²) in [4.78, 5) is 11.5. The fourth-order valence-electron chi connectivity index (χ4n) is 4.10. The van der Waals surface area contributed by atoms with Gasteiger partial charge in [0.2, 0.25) is 0 Å². The molecule has 2 aromatic rings. The fraction of sp³-hybridized carbons (Fsp3) is 0.538. The highest BCUT2D eigenvalue weighted by Crippen LogP contribution is 2.46. The van der Waals surface area contributed by atoms with Crippen molar-refractivity contribution < 1.29 is 0 Å². The van der Waals surface area contributed by atoms with Crippen LogP contribution in [0.2, 0.25) is 0 Å². The van der Waals surface area contributed by atoms with Gasteiger partial charge in [-0.1, -0.05) is 48.2 Å². The van der Waals surface area contributed by atoms with Gasteiger partial charge in [0.25, 0.3) is 0 Å². The predicted molar refractivity (Wildman–Crippen MR) is 147 cm³/mol. The summed E-state index contributed by atoms with van der Waals surface area (Å²) in [5, 5.41) is 1.14. The minimum Gasteiger partial charge on any atom is -0.372 e. The third-order valence-corrected chi connectivity index (χ3v) is 10.1. The molecule has 5 heteroatoms. The summed E-state index contributed by atoms with van der Waals surface area (Å²) in [5.74, 6) is 0. The Balaban J connectivity index is 2.01. The summed E-state index contributed by atoms with van der Waals surface area (Å²) in [6.07, 6.45) is 7.32. The molecule has 0 radical (unpaired) electrons. The number of fused-ring (bicyclic) bond motifs is 2. The predicted octanol–water partition coefficient (Wildman–Crippen LogP) is 7.91. The second-order valence-corrected chi connectivity index (χ2v) is 12.4. The lowest BCUT2D eigenvalue weighted by Gasteiger charge is -2.26. The highest BCUT2D eigenvalue weighted by Gasteiger charge is 2.15. The van der Waals surface area contributed by atoms with Crippen molar-refractivity contribution in [2.75, 3.05) is 36.0 Å². The van der Waals surface area contributed by atoms with E-state index in [2.05, 4.69) is 95.1 Å². The highest BCUT2D eigenvalue weighted by molar-refractivity contribution is 14.2. The minimum absolute atomic E-state index is 0.00989. The number of unbranched alkanes of at least 4 members (excludes halogenated alkanes) is 2. The zero-order chi connectivity index (χ0) is 22.2. The van der Waals surface area contributed by atoms with Crippen LogP contribution in [0.1, 0.15) is 66.2 Å². The molecular weight excluding hydrogens is 513 g/mol. The molecule has 0 bridgehead atoms. The van der Waals surface area contributed by atoms with Gasteiger partial charge in [-0.15, -0.1) is 0 Å². The van der Waals surface area contributed by atoms with Crippen molar-refractivity contribution >= 4 is 45.9 Å². The molecule has 0 saturated heterocycles. The molecule has 31 heavy (non-hydrogen) atoms. The second kappa shape index (κ2) is 12.2. The van der Waals surface area contributed by atoms with Gasteiger partial charge in [-0.2, -0.15) is 0 Å². The van der Waals surface area contributed by atoms with Crippen LogP contribution >= 0.6 is 28.9 Å². The quantitative estimate of drug-likeness (QED) is 0.197. The Hall–Kier alpha value is -1.08. The van der Waals surface area contributed by atoms with Crippen LogP contribution in [0.15, 0.2) is 46.3 Å². The molecule has 1 heterocycles. The Morgan fingerprint density at radius 1 is 0.742 bits per heavy atom. The first-order chi connectivity index (χ1) is 15.1. The summed E-state index contributed by atoms with van der Waals surface area (Å²) in [5.41, 5.74) is 3.86. The molecule has 0 saturated carbocycles. The maximum Gasteiger partial charge on any atom is 0.0777 e. The van der Waals surface area contributed by atoms with E-state index >= 15 is 0 Å². The lowest BCUT2D eigenvalue weighted by atomic mass is 10.2. The first-order valence-electron chi connectivity index (χ1n) is 12.0. The van der Waals surface area contributed by atoms with Gasteiger partial charge in [0, 0.05) is 47.0 Å². The molecule has 0 aliphatic carbocycles. The van der Waals surface area contributed by atoms with E-state index < -0.39 is 0 Å². The number of hydrogen-bond donors (Lipinski definition) is 0. The van der Waals surface area contributed by atoms with Gasteiger partial charge in [0.1, 0.15) is 0 Å². The van der Waals surface area contributed by atoms with Crippen molar-refractivity contribution in [3.05, 3.63) is 46.3 Å². The Morgan fingerprint density at radius 3 is 1.94 bits per heavy atom. The van der Waals surface area contributed by atoms with E-state index in [1.165, 1.54) is 59.3 Å². The van der Waals surface area contributed by atoms with Crippen LogP contribution < -0.4 is 15.2 Å². The van der Waals surface area contributed by atoms with Crippen molar-refractivity contribution in [1.82, 2.24) is 0 Å². The van der Waals surface area contributed by atoms with E-state index in [4.69, 9.17) is 4.99 Å². The van der Waals surface area contributed by atoms with E-state index in [-0.39, 0.29) is 7.66 Å². The highest BCUT2D eigenvalue weighted by atomic mass is 127. The Morgan fingerprint density at radius 2 is 1.32 bits per heavy atom. The van der Waals surface area contributed by atoms with Crippen molar-refractivity contribution in [3.8, 4) is 0 Å². The normalized spacial score (nSPS) is 14.5. The van der Waals surface area contributed by atoms with Crippen molar-refractivity contribution in [2.45, 2.75) is 71.1 Å². The molecule has 0 amide bonds. The number of nitrogens with zero attached hydrogens (tertiary/aromatic N) is 3. The fourth-order valence-corrected chi connectivity index (χ4v) is 7.49. The Kier molecular flexibility index (Phi) is 9.70. The van der Waals surface area contributed by atoms with E-state index in [0.717, 1.165) is 37.2 Å². The van der Waals surface area contributed by atoms with E-state index in [9.17, 15) is 0 Å². The number of rotatable bonds is 12. The molecule has 0 spiro atoms. The van der Waals surface area contributed by atoms with Crippen LogP contribution in [0.25, 0.3) is 0 Å². The number of anilines is 2. The molecule has 1 aliphatic rings. The molecule has 170 valence electrons. The van der Waals surface area contributed by atoms with E-state index in [1.54, 1.807) is 0 Å². The van der Waals surface area contributed by atoms with Crippen LogP contribution in [0, 0.1) is 4.51 Å². The molecule has 1 unspecified atom stereocenters. The summed E-state index contributed by atoms with van der Waals surface area (Å²) in [7, 11) is 0.00989. The maximum atomic E-state index is 5.04. The number of benzene rings is 2. The molecule has 0 aromatic heterocycles. The van der Waals surface area contributed by atoms with Crippen LogP contribution in [0.5, 0.6) is 0 Å². The molecule has 2 aromatic carbocycles. The lowest BCUT2D eigenvalue weighted by molar-refractivity contribution is 0.677. The van der Waals surface area contributed by atoms with Crippen molar-refractivity contribution in [1.29, 1.82) is 0 Å². The average Bonchev–Trinajstić information content (AvgIpc) is 2.79. The third-order valence-electron chi connectivity index (χ3n) is 5.79. The number of hydrogen-bond acceptors (Lipinski definition) is 3. The summed E-state index contributed by atoms with van der Waals surface area (Å²) in [6.45, 7) is 13.6. The monoisotopic (exact) mass is 551 g/mol. The smallest absolute Gasteiger partial charge is 0.0777 e. The average molecular weight is 552 g/mol. The molecule has 0 N–H and O–H groups in total. The maximum absolute atomic E-state index is 5.04. The molecule has 3 rings (SSSR count). The Labute approximate surface area is 203 Å². The van der Waals surface area contributed by atoms with Gasteiger partial charge in [-0.3, -0.25) is 0 Å². The minimum atomic E-state index is 0.00989. The van der Waals surface area contributed by atoms with E-state index in [0.29, 0.717) is 0 Å². The Bertz CT molecular complexity index is 975. The lowest BCUT2D eigenvalue weighted by Crippen LogP contribution is -2.25. The van der Waals surface area contributed by atoms with Crippen LogP contribution in [-0.2, 0) is 0 Å². The van der Waals surface area contributed by atoms with E-state index in [1.807, 2.05) is 0 Å². The molecule has 3 nitrogen and oxygen atoms in total. The van der Waals surface area contributed by atoms with Gasteiger partial charge < -0.3 is 9.80 Å². The van der Waals surface area contributed by atoms with Crippen molar-refractivity contribution in [3.63, 3.8) is 0 Å². The zero-order valence-corrected chi connectivity index (χ0v) is 22.6. The first-order valence-corrected chi connectivity index (χ1v) is 15.8. The second-order valence-electron chi connectivity index (χ2n) is 8.35.